The molecular formula is C19H23NO2S. The minimum absolute atomic E-state index is 0.215. The molecule has 0 bridgehead atoms. The van der Waals surface area contributed by atoms with E-state index >= 15 is 0 Å². The molecular weight excluding hydrogens is 306 g/mol. The maximum Gasteiger partial charge on any atom is 0.239 e. The number of benzene rings is 2. The van der Waals surface area contributed by atoms with Gasteiger partial charge in [-0.2, -0.15) is 0 Å². The van der Waals surface area contributed by atoms with Gasteiger partial charge in [-0.3, -0.25) is 9.00 Å². The molecule has 0 aliphatic rings. The van der Waals surface area contributed by atoms with Crippen molar-refractivity contribution in [2.75, 3.05) is 5.32 Å². The fourth-order valence-electron chi connectivity index (χ4n) is 2.17. The van der Waals surface area contributed by atoms with Crippen LogP contribution in [-0.4, -0.2) is 15.4 Å². The zero-order valence-corrected chi connectivity index (χ0v) is 14.6. The molecule has 0 fully saturated rings. The fraction of sp³-hybridized carbons (Fsp3) is 0.316. The van der Waals surface area contributed by atoms with Crippen LogP contribution >= 0.6 is 0 Å². The summed E-state index contributed by atoms with van der Waals surface area (Å²) in [6, 6.07) is 17.3. The molecule has 2 aromatic rings. The molecule has 2 aromatic carbocycles. The summed E-state index contributed by atoms with van der Waals surface area (Å²) in [7, 11) is -1.25. The zero-order valence-electron chi connectivity index (χ0n) is 13.8. The third kappa shape index (κ3) is 5.03. The van der Waals surface area contributed by atoms with Crippen LogP contribution in [0, 0.1) is 0 Å². The number of anilines is 1. The Hall–Kier alpha value is -1.94. The third-order valence-corrected chi connectivity index (χ3v) is 5.38. The van der Waals surface area contributed by atoms with Gasteiger partial charge in [0, 0.05) is 22.2 Å². The van der Waals surface area contributed by atoms with Crippen molar-refractivity contribution in [2.24, 2.45) is 0 Å². The molecule has 4 heteroatoms. The summed E-state index contributed by atoms with van der Waals surface area (Å²) >= 11 is 0. The molecule has 0 heterocycles. The Bertz CT molecular complexity index is 666. The maximum atomic E-state index is 12.4. The minimum Gasteiger partial charge on any atom is -0.325 e. The van der Waals surface area contributed by atoms with Crippen molar-refractivity contribution in [1.29, 1.82) is 0 Å². The number of amides is 1. The molecule has 0 saturated carbocycles. The van der Waals surface area contributed by atoms with Crippen LogP contribution in [0.25, 0.3) is 0 Å². The van der Waals surface area contributed by atoms with E-state index < -0.39 is 16.0 Å². The van der Waals surface area contributed by atoms with E-state index in [9.17, 15) is 9.00 Å². The Kier molecular flexibility index (Phi) is 6.11. The lowest BCUT2D eigenvalue weighted by Gasteiger charge is -2.13. The van der Waals surface area contributed by atoms with Crippen molar-refractivity contribution in [2.45, 2.75) is 37.7 Å². The van der Waals surface area contributed by atoms with Gasteiger partial charge in [0.25, 0.3) is 0 Å². The highest BCUT2D eigenvalue weighted by Gasteiger charge is 2.20. The molecule has 0 saturated heterocycles. The van der Waals surface area contributed by atoms with Crippen molar-refractivity contribution < 1.29 is 9.00 Å². The first-order chi connectivity index (χ1) is 11.0. The number of rotatable bonds is 6. The van der Waals surface area contributed by atoms with Gasteiger partial charge in [0.05, 0.1) is 0 Å². The average molecular weight is 329 g/mol. The molecule has 2 rings (SSSR count). The molecule has 0 aliphatic heterocycles. The molecule has 0 aromatic heterocycles. The van der Waals surface area contributed by atoms with Gasteiger partial charge in [0.1, 0.15) is 5.25 Å². The molecule has 0 unspecified atom stereocenters. The van der Waals surface area contributed by atoms with E-state index in [0.717, 1.165) is 11.3 Å². The number of hydrogen-bond acceptors (Lipinski definition) is 2. The number of carbonyl (C=O) groups excluding carboxylic acids is 1. The number of hydrogen-bond donors (Lipinski definition) is 1. The average Bonchev–Trinajstić information content (AvgIpc) is 2.55. The summed E-state index contributed by atoms with van der Waals surface area (Å²) in [5.74, 6) is 0.653. The standard InChI is InChI=1S/C19H23NO2S/c1-14(2)17-11-9-16(10-12-17)13-23(22)15(3)19(21)20-18-7-5-4-6-8-18/h4-12,14-15H,13H2,1-3H3,(H,20,21)/t15-,23+/m0/s1. The smallest absolute Gasteiger partial charge is 0.239 e. The summed E-state index contributed by atoms with van der Waals surface area (Å²) < 4.78 is 12.4. The summed E-state index contributed by atoms with van der Waals surface area (Å²) in [5, 5.41) is 2.24. The topological polar surface area (TPSA) is 46.2 Å². The molecule has 23 heavy (non-hydrogen) atoms. The van der Waals surface area contributed by atoms with Gasteiger partial charge in [0.2, 0.25) is 5.91 Å². The number of para-hydroxylation sites is 1. The van der Waals surface area contributed by atoms with Gasteiger partial charge >= 0.3 is 0 Å². The van der Waals surface area contributed by atoms with Gasteiger partial charge in [-0.1, -0.05) is 56.3 Å². The van der Waals surface area contributed by atoms with Crippen LogP contribution in [0.2, 0.25) is 0 Å². The Morgan fingerprint density at radius 2 is 1.61 bits per heavy atom. The Morgan fingerprint density at radius 3 is 2.17 bits per heavy atom. The molecule has 0 aliphatic carbocycles. The van der Waals surface area contributed by atoms with Gasteiger partial charge in [0.15, 0.2) is 0 Å². The van der Waals surface area contributed by atoms with Crippen molar-refractivity contribution in [3.63, 3.8) is 0 Å². The summed E-state index contributed by atoms with van der Waals surface area (Å²) in [4.78, 5) is 12.2. The maximum absolute atomic E-state index is 12.4. The second kappa shape index (κ2) is 8.06. The predicted octanol–water partition coefficient (Wildman–Crippen LogP) is 4.09. The molecule has 0 radical (unpaired) electrons. The SMILES string of the molecule is CC(C)c1ccc(C[S@@](=O)[C@@H](C)C(=O)Nc2ccccc2)cc1. The van der Waals surface area contributed by atoms with Crippen LogP contribution < -0.4 is 5.32 Å². The highest BCUT2D eigenvalue weighted by Crippen LogP contribution is 2.16. The lowest BCUT2D eigenvalue weighted by molar-refractivity contribution is -0.115. The van der Waals surface area contributed by atoms with E-state index in [-0.39, 0.29) is 5.91 Å². The van der Waals surface area contributed by atoms with E-state index in [4.69, 9.17) is 0 Å². The van der Waals surface area contributed by atoms with Crippen molar-refractivity contribution in [1.82, 2.24) is 0 Å². The summed E-state index contributed by atoms with van der Waals surface area (Å²) in [6.45, 7) is 5.99. The lowest BCUT2D eigenvalue weighted by Crippen LogP contribution is -2.29. The lowest BCUT2D eigenvalue weighted by atomic mass is 10.0. The first-order valence-corrected chi connectivity index (χ1v) is 9.17. The van der Waals surface area contributed by atoms with E-state index in [1.807, 2.05) is 42.5 Å². The monoisotopic (exact) mass is 329 g/mol. The Labute approximate surface area is 140 Å². The number of carbonyl (C=O) groups is 1. The van der Waals surface area contributed by atoms with Gasteiger partial charge in [-0.05, 0) is 36.1 Å². The van der Waals surface area contributed by atoms with E-state index in [1.54, 1.807) is 6.92 Å². The van der Waals surface area contributed by atoms with Crippen LogP contribution in [0.1, 0.15) is 37.8 Å². The predicted molar refractivity (Wildman–Crippen MR) is 96.9 cm³/mol. The second-order valence-corrected chi connectivity index (χ2v) is 7.68. The highest BCUT2D eigenvalue weighted by atomic mass is 32.2. The number of nitrogens with one attached hydrogen (secondary N) is 1. The van der Waals surface area contributed by atoms with Gasteiger partial charge in [-0.15, -0.1) is 0 Å². The first-order valence-electron chi connectivity index (χ1n) is 7.79. The Balaban J connectivity index is 1.95. The van der Waals surface area contributed by atoms with Crippen molar-refractivity contribution >= 4 is 22.4 Å². The molecule has 122 valence electrons. The highest BCUT2D eigenvalue weighted by molar-refractivity contribution is 7.85. The zero-order chi connectivity index (χ0) is 16.8. The van der Waals surface area contributed by atoms with Crippen molar-refractivity contribution in [3.8, 4) is 0 Å². The van der Waals surface area contributed by atoms with Crippen molar-refractivity contribution in [3.05, 3.63) is 65.7 Å². The molecule has 2 atom stereocenters. The Morgan fingerprint density at radius 1 is 1.00 bits per heavy atom. The fourth-order valence-corrected chi connectivity index (χ4v) is 3.24. The van der Waals surface area contributed by atoms with Gasteiger partial charge in [-0.25, -0.2) is 0 Å². The van der Waals surface area contributed by atoms with E-state index in [2.05, 4.69) is 31.3 Å². The quantitative estimate of drug-likeness (QED) is 0.868. The molecule has 3 nitrogen and oxygen atoms in total. The molecule has 1 amide bonds. The van der Waals surface area contributed by atoms with Crippen LogP contribution in [0.5, 0.6) is 0 Å². The van der Waals surface area contributed by atoms with Crippen LogP contribution in [-0.2, 0) is 21.3 Å². The largest absolute Gasteiger partial charge is 0.325 e. The van der Waals surface area contributed by atoms with Crippen LogP contribution in [0.3, 0.4) is 0 Å². The minimum atomic E-state index is -1.25. The van der Waals surface area contributed by atoms with Gasteiger partial charge < -0.3 is 5.32 Å². The van der Waals surface area contributed by atoms with E-state index in [0.29, 0.717) is 11.7 Å². The van der Waals surface area contributed by atoms with E-state index in [1.165, 1.54) is 5.56 Å². The first kappa shape index (κ1) is 17.4. The third-order valence-electron chi connectivity index (χ3n) is 3.76. The summed E-state index contributed by atoms with van der Waals surface area (Å²) in [6.07, 6.45) is 0. The van der Waals surface area contributed by atoms with Crippen LogP contribution in [0.15, 0.2) is 54.6 Å². The normalized spacial score (nSPS) is 13.6. The molecule has 1 N–H and O–H groups in total. The molecule has 0 spiro atoms. The second-order valence-electron chi connectivity index (χ2n) is 5.92. The van der Waals surface area contributed by atoms with Crippen LogP contribution in [0.4, 0.5) is 5.69 Å². The summed E-state index contributed by atoms with van der Waals surface area (Å²) in [5.41, 5.74) is 2.98.